The first-order chi connectivity index (χ1) is 17.5. The van der Waals surface area contributed by atoms with Crippen molar-refractivity contribution in [1.82, 2.24) is 9.55 Å². The molecule has 1 aliphatic rings. The van der Waals surface area contributed by atoms with E-state index in [1.807, 2.05) is 43.3 Å². The van der Waals surface area contributed by atoms with E-state index in [0.29, 0.717) is 35.5 Å². The monoisotopic (exact) mass is 484 g/mol. The van der Waals surface area contributed by atoms with Gasteiger partial charge in [0.25, 0.3) is 5.56 Å². The third-order valence-electron chi connectivity index (χ3n) is 6.57. The van der Waals surface area contributed by atoms with Crippen LogP contribution in [-0.2, 0) is 4.74 Å². The van der Waals surface area contributed by atoms with Gasteiger partial charge in [-0.25, -0.2) is 14.3 Å². The van der Waals surface area contributed by atoms with Crippen molar-refractivity contribution >= 4 is 28.5 Å². The molecule has 0 aliphatic carbocycles. The molecule has 184 valence electrons. The Morgan fingerprint density at radius 1 is 0.833 bits per heavy atom. The van der Waals surface area contributed by atoms with E-state index in [9.17, 15) is 9.59 Å². The van der Waals surface area contributed by atoms with Crippen molar-refractivity contribution in [3.05, 3.63) is 88.2 Å². The maximum Gasteiger partial charge on any atom is 0.337 e. The van der Waals surface area contributed by atoms with Crippen molar-refractivity contribution in [1.29, 1.82) is 0 Å². The molecule has 1 aliphatic heterocycles. The molecule has 0 atom stereocenters. The SMILES string of the molecule is COC(=O)c1ccc2c(=O)n(-c3ccc(C)cc3)c(N3CCN(c4ccc(OC)cc4)CC3)nc2c1. The number of benzene rings is 3. The Labute approximate surface area is 209 Å². The maximum absolute atomic E-state index is 13.7. The Morgan fingerprint density at radius 3 is 2.11 bits per heavy atom. The van der Waals surface area contributed by atoms with Gasteiger partial charge in [-0.05, 0) is 61.5 Å². The first-order valence-corrected chi connectivity index (χ1v) is 11.8. The number of hydrogen-bond acceptors (Lipinski definition) is 7. The summed E-state index contributed by atoms with van der Waals surface area (Å²) in [4.78, 5) is 35.2. The number of nitrogens with zero attached hydrogens (tertiary/aromatic N) is 4. The van der Waals surface area contributed by atoms with Crippen LogP contribution < -0.4 is 20.1 Å². The number of rotatable bonds is 5. The fraction of sp³-hybridized carbons (Fsp3) is 0.250. The molecular weight excluding hydrogens is 456 g/mol. The van der Waals surface area contributed by atoms with Gasteiger partial charge in [0.05, 0.1) is 36.4 Å². The Balaban J connectivity index is 1.54. The highest BCUT2D eigenvalue weighted by molar-refractivity contribution is 5.94. The molecule has 36 heavy (non-hydrogen) atoms. The Kier molecular flexibility index (Phi) is 6.33. The highest BCUT2D eigenvalue weighted by Gasteiger charge is 2.24. The van der Waals surface area contributed by atoms with Crippen LogP contribution in [0.2, 0.25) is 0 Å². The van der Waals surface area contributed by atoms with Crippen LogP contribution in [0, 0.1) is 6.92 Å². The van der Waals surface area contributed by atoms with Gasteiger partial charge in [0.2, 0.25) is 5.95 Å². The van der Waals surface area contributed by atoms with Gasteiger partial charge in [0.1, 0.15) is 5.75 Å². The number of carbonyl (C=O) groups excluding carboxylic acids is 1. The topological polar surface area (TPSA) is 76.9 Å². The van der Waals surface area contributed by atoms with Gasteiger partial charge in [0.15, 0.2) is 0 Å². The number of anilines is 2. The van der Waals surface area contributed by atoms with Gasteiger partial charge in [0, 0.05) is 31.9 Å². The second-order valence-corrected chi connectivity index (χ2v) is 8.78. The van der Waals surface area contributed by atoms with Crippen molar-refractivity contribution < 1.29 is 14.3 Å². The lowest BCUT2D eigenvalue weighted by Gasteiger charge is -2.37. The highest BCUT2D eigenvalue weighted by atomic mass is 16.5. The predicted octanol–water partition coefficient (Wildman–Crippen LogP) is 3.82. The molecule has 0 unspecified atom stereocenters. The van der Waals surface area contributed by atoms with E-state index in [1.54, 1.807) is 29.9 Å². The van der Waals surface area contributed by atoms with Crippen molar-refractivity contribution in [2.24, 2.45) is 0 Å². The number of hydrogen-bond donors (Lipinski definition) is 0. The van der Waals surface area contributed by atoms with Gasteiger partial charge in [-0.1, -0.05) is 17.7 Å². The minimum Gasteiger partial charge on any atom is -0.497 e. The Morgan fingerprint density at radius 2 is 1.47 bits per heavy atom. The predicted molar refractivity (Wildman–Crippen MR) is 141 cm³/mol. The molecule has 0 amide bonds. The molecule has 3 aromatic carbocycles. The van der Waals surface area contributed by atoms with Crippen LogP contribution in [0.1, 0.15) is 15.9 Å². The summed E-state index contributed by atoms with van der Waals surface area (Å²) in [6.45, 7) is 4.94. The van der Waals surface area contributed by atoms with Crippen LogP contribution in [0.15, 0.2) is 71.5 Å². The van der Waals surface area contributed by atoms with Gasteiger partial charge < -0.3 is 19.3 Å². The number of aromatic nitrogens is 2. The van der Waals surface area contributed by atoms with Crippen molar-refractivity contribution in [2.75, 3.05) is 50.2 Å². The standard InChI is InChI=1S/C28H28N4O4/c1-19-4-7-22(8-5-19)32-26(33)24-13-6-20(27(34)36-3)18-25(24)29-28(32)31-16-14-30(15-17-31)21-9-11-23(35-2)12-10-21/h4-13,18H,14-17H2,1-3H3. The second kappa shape index (κ2) is 9.73. The molecule has 1 saturated heterocycles. The molecule has 5 rings (SSSR count). The normalized spacial score (nSPS) is 13.6. The minimum atomic E-state index is -0.462. The fourth-order valence-corrected chi connectivity index (χ4v) is 4.52. The third kappa shape index (κ3) is 4.37. The summed E-state index contributed by atoms with van der Waals surface area (Å²) in [6, 6.07) is 20.7. The van der Waals surface area contributed by atoms with E-state index in [1.165, 1.54) is 7.11 Å². The Bertz CT molecular complexity index is 1450. The van der Waals surface area contributed by atoms with Gasteiger partial charge in [-0.3, -0.25) is 4.79 Å². The number of methoxy groups -OCH3 is 2. The van der Waals surface area contributed by atoms with Crippen molar-refractivity contribution in [3.63, 3.8) is 0 Å². The molecule has 0 bridgehead atoms. The van der Waals surface area contributed by atoms with Crippen molar-refractivity contribution in [2.45, 2.75) is 6.92 Å². The summed E-state index contributed by atoms with van der Waals surface area (Å²) in [6.07, 6.45) is 0. The van der Waals surface area contributed by atoms with E-state index in [0.717, 1.165) is 35.8 Å². The summed E-state index contributed by atoms with van der Waals surface area (Å²) in [5, 5.41) is 0.448. The van der Waals surface area contributed by atoms with E-state index < -0.39 is 5.97 Å². The fourth-order valence-electron chi connectivity index (χ4n) is 4.52. The molecule has 8 nitrogen and oxygen atoms in total. The number of esters is 1. The first-order valence-electron chi connectivity index (χ1n) is 11.8. The van der Waals surface area contributed by atoms with Gasteiger partial charge >= 0.3 is 5.97 Å². The molecule has 0 N–H and O–H groups in total. The zero-order chi connectivity index (χ0) is 25.2. The lowest BCUT2D eigenvalue weighted by atomic mass is 10.1. The summed E-state index contributed by atoms with van der Waals surface area (Å²) >= 11 is 0. The van der Waals surface area contributed by atoms with E-state index in [4.69, 9.17) is 14.5 Å². The second-order valence-electron chi connectivity index (χ2n) is 8.78. The van der Waals surface area contributed by atoms with Gasteiger partial charge in [-0.15, -0.1) is 0 Å². The number of piperazine rings is 1. The molecule has 2 heterocycles. The number of aryl methyl sites for hydroxylation is 1. The molecule has 0 spiro atoms. The average Bonchev–Trinajstić information content (AvgIpc) is 2.93. The van der Waals surface area contributed by atoms with E-state index in [-0.39, 0.29) is 5.56 Å². The summed E-state index contributed by atoms with van der Waals surface area (Å²) in [5.41, 5.74) is 3.65. The van der Waals surface area contributed by atoms with Crippen LogP contribution >= 0.6 is 0 Å². The summed E-state index contributed by atoms with van der Waals surface area (Å²) in [7, 11) is 3.00. The molecule has 1 aromatic heterocycles. The van der Waals surface area contributed by atoms with E-state index in [2.05, 4.69) is 21.9 Å². The largest absolute Gasteiger partial charge is 0.497 e. The molecule has 1 fully saturated rings. The van der Waals surface area contributed by atoms with Gasteiger partial charge in [-0.2, -0.15) is 0 Å². The van der Waals surface area contributed by atoms with E-state index >= 15 is 0 Å². The highest BCUT2D eigenvalue weighted by Crippen LogP contribution is 2.25. The zero-order valence-corrected chi connectivity index (χ0v) is 20.6. The quantitative estimate of drug-likeness (QED) is 0.399. The molecule has 8 heteroatoms. The lowest BCUT2D eigenvalue weighted by molar-refractivity contribution is 0.0601. The Hall–Kier alpha value is -4.33. The number of ether oxygens (including phenoxy) is 2. The van der Waals surface area contributed by atoms with Crippen LogP contribution in [0.5, 0.6) is 5.75 Å². The molecule has 0 saturated carbocycles. The average molecular weight is 485 g/mol. The first kappa shape index (κ1) is 23.4. The number of carbonyl (C=O) groups is 1. The number of fused-ring (bicyclic) bond motifs is 1. The molecular formula is C28H28N4O4. The minimum absolute atomic E-state index is 0.173. The summed E-state index contributed by atoms with van der Waals surface area (Å²) < 4.78 is 11.8. The van der Waals surface area contributed by atoms with Crippen LogP contribution in [-0.4, -0.2) is 55.9 Å². The van der Waals surface area contributed by atoms with Crippen LogP contribution in [0.25, 0.3) is 16.6 Å². The maximum atomic E-state index is 13.7. The van der Waals surface area contributed by atoms with Crippen LogP contribution in [0.3, 0.4) is 0 Å². The van der Waals surface area contributed by atoms with Crippen LogP contribution in [0.4, 0.5) is 11.6 Å². The summed E-state index contributed by atoms with van der Waals surface area (Å²) in [5.74, 6) is 0.926. The molecule has 4 aromatic rings. The smallest absolute Gasteiger partial charge is 0.337 e. The molecule has 0 radical (unpaired) electrons. The lowest BCUT2D eigenvalue weighted by Crippen LogP contribution is -2.48. The third-order valence-corrected chi connectivity index (χ3v) is 6.57. The zero-order valence-electron chi connectivity index (χ0n) is 20.6. The van der Waals surface area contributed by atoms with Crippen molar-refractivity contribution in [3.8, 4) is 11.4 Å².